The zero-order valence-corrected chi connectivity index (χ0v) is 12.7. The molecule has 0 bridgehead atoms. The number of nitrogen functional groups attached to an aromatic ring is 1. The summed E-state index contributed by atoms with van der Waals surface area (Å²) in [6, 6.07) is 11.5. The van der Waals surface area contributed by atoms with Gasteiger partial charge in [-0.2, -0.15) is 0 Å². The van der Waals surface area contributed by atoms with Crippen LogP contribution in [0.5, 0.6) is 11.5 Å². The van der Waals surface area contributed by atoms with Gasteiger partial charge in [0, 0.05) is 11.1 Å². The van der Waals surface area contributed by atoms with Crippen molar-refractivity contribution in [1.29, 1.82) is 0 Å². The quantitative estimate of drug-likeness (QED) is 0.748. The molecule has 0 aliphatic carbocycles. The van der Waals surface area contributed by atoms with Crippen molar-refractivity contribution in [1.82, 2.24) is 9.97 Å². The minimum Gasteiger partial charge on any atom is -0.508 e. The summed E-state index contributed by atoms with van der Waals surface area (Å²) < 4.78 is 40.4. The minimum atomic E-state index is -4.74. The summed E-state index contributed by atoms with van der Waals surface area (Å²) in [6.45, 7) is 0. The first-order valence-corrected chi connectivity index (χ1v) is 7.10. The summed E-state index contributed by atoms with van der Waals surface area (Å²) >= 11 is 0. The van der Waals surface area contributed by atoms with Crippen LogP contribution in [0.15, 0.2) is 54.7 Å². The van der Waals surface area contributed by atoms with Crippen molar-refractivity contribution < 1.29 is 23.0 Å². The second kappa shape index (κ2) is 6.31. The number of benzene rings is 2. The highest BCUT2D eigenvalue weighted by molar-refractivity contribution is 5.73. The fourth-order valence-corrected chi connectivity index (χ4v) is 2.20. The lowest BCUT2D eigenvalue weighted by atomic mass is 10.1. The lowest BCUT2D eigenvalue weighted by molar-refractivity contribution is -0.274. The molecule has 0 radical (unpaired) electrons. The van der Waals surface area contributed by atoms with Gasteiger partial charge in [0.2, 0.25) is 0 Å². The number of aromatic hydroxyl groups is 1. The maximum atomic E-state index is 12.2. The molecule has 1 aromatic heterocycles. The normalized spacial score (nSPS) is 11.3. The smallest absolute Gasteiger partial charge is 0.508 e. The second-order valence-corrected chi connectivity index (χ2v) is 5.11. The van der Waals surface area contributed by atoms with Crippen LogP contribution in [0.4, 0.5) is 19.0 Å². The minimum absolute atomic E-state index is 0.103. The molecule has 0 aliphatic heterocycles. The standard InChI is InChI=1S/C17H12F3N3O2/c18-17(19,20)25-13-7-3-10(4-8-13)14-9-22-16(21)15(23-14)11-1-5-12(24)6-2-11/h1-9,24H,(H2,21,22). The Hall–Kier alpha value is -3.29. The number of halogens is 3. The zero-order valence-electron chi connectivity index (χ0n) is 12.7. The second-order valence-electron chi connectivity index (χ2n) is 5.11. The van der Waals surface area contributed by atoms with E-state index in [9.17, 15) is 18.3 Å². The van der Waals surface area contributed by atoms with Crippen LogP contribution in [-0.4, -0.2) is 21.4 Å². The zero-order chi connectivity index (χ0) is 18.0. The van der Waals surface area contributed by atoms with Gasteiger partial charge in [-0.15, -0.1) is 13.2 Å². The number of alkyl halides is 3. The number of hydrogen-bond donors (Lipinski definition) is 2. The summed E-state index contributed by atoms with van der Waals surface area (Å²) in [4.78, 5) is 8.49. The first-order chi connectivity index (χ1) is 11.8. The molecule has 0 atom stereocenters. The molecule has 5 nitrogen and oxygen atoms in total. The Kier molecular flexibility index (Phi) is 4.18. The van der Waals surface area contributed by atoms with E-state index in [1.54, 1.807) is 12.1 Å². The first kappa shape index (κ1) is 16.6. The van der Waals surface area contributed by atoms with Gasteiger partial charge in [-0.25, -0.2) is 9.97 Å². The number of nitrogens with two attached hydrogens (primary N) is 1. The molecule has 2 aromatic carbocycles. The predicted octanol–water partition coefficient (Wildman–Crippen LogP) is 4.00. The van der Waals surface area contributed by atoms with E-state index >= 15 is 0 Å². The third-order valence-electron chi connectivity index (χ3n) is 3.33. The van der Waals surface area contributed by atoms with E-state index in [0.29, 0.717) is 22.5 Å². The molecule has 0 spiro atoms. The Bertz CT molecular complexity index is 879. The molecule has 8 heteroatoms. The molecule has 0 fully saturated rings. The van der Waals surface area contributed by atoms with Gasteiger partial charge in [-0.05, 0) is 48.5 Å². The van der Waals surface area contributed by atoms with E-state index < -0.39 is 6.36 Å². The molecule has 3 rings (SSSR count). The van der Waals surface area contributed by atoms with Crippen LogP contribution in [0.1, 0.15) is 0 Å². The Balaban J connectivity index is 1.93. The van der Waals surface area contributed by atoms with Crippen LogP contribution in [0.25, 0.3) is 22.5 Å². The number of nitrogens with zero attached hydrogens (tertiary/aromatic N) is 2. The summed E-state index contributed by atoms with van der Waals surface area (Å²) in [5.74, 6) is -0.0171. The lowest BCUT2D eigenvalue weighted by Crippen LogP contribution is -2.16. The third kappa shape index (κ3) is 3.97. The molecule has 25 heavy (non-hydrogen) atoms. The molecule has 0 saturated heterocycles. The Morgan fingerprint density at radius 1 is 0.920 bits per heavy atom. The summed E-state index contributed by atoms with van der Waals surface area (Å²) in [5.41, 5.74) is 7.91. The van der Waals surface area contributed by atoms with Crippen molar-refractivity contribution in [3.05, 3.63) is 54.7 Å². The fraction of sp³-hybridized carbons (Fsp3) is 0.0588. The Morgan fingerprint density at radius 3 is 2.12 bits per heavy atom. The van der Waals surface area contributed by atoms with Crippen molar-refractivity contribution >= 4 is 5.82 Å². The van der Waals surface area contributed by atoms with Crippen LogP contribution in [-0.2, 0) is 0 Å². The summed E-state index contributed by atoms with van der Waals surface area (Å²) in [7, 11) is 0. The number of rotatable bonds is 3. The van der Waals surface area contributed by atoms with E-state index in [4.69, 9.17) is 5.73 Å². The molecule has 128 valence electrons. The number of aromatic nitrogens is 2. The summed E-state index contributed by atoms with van der Waals surface area (Å²) in [5, 5.41) is 9.35. The average Bonchev–Trinajstić information content (AvgIpc) is 2.56. The molecular weight excluding hydrogens is 335 g/mol. The van der Waals surface area contributed by atoms with Gasteiger partial charge in [0.15, 0.2) is 0 Å². The highest BCUT2D eigenvalue weighted by Gasteiger charge is 2.31. The maximum Gasteiger partial charge on any atom is 0.573 e. The molecule has 0 amide bonds. The van der Waals surface area contributed by atoms with Crippen molar-refractivity contribution in [2.45, 2.75) is 6.36 Å². The topological polar surface area (TPSA) is 81.3 Å². The van der Waals surface area contributed by atoms with Crippen LogP contribution < -0.4 is 10.5 Å². The number of phenols is 1. The largest absolute Gasteiger partial charge is 0.573 e. The number of anilines is 1. The van der Waals surface area contributed by atoms with E-state index in [-0.39, 0.29) is 17.3 Å². The van der Waals surface area contributed by atoms with Crippen molar-refractivity contribution in [3.63, 3.8) is 0 Å². The van der Waals surface area contributed by atoms with Crippen LogP contribution in [0, 0.1) is 0 Å². The molecule has 0 saturated carbocycles. The highest BCUT2D eigenvalue weighted by Crippen LogP contribution is 2.29. The van der Waals surface area contributed by atoms with Crippen LogP contribution in [0.3, 0.4) is 0 Å². The molecule has 3 N–H and O–H groups in total. The van der Waals surface area contributed by atoms with Gasteiger partial charge in [0.1, 0.15) is 23.0 Å². The van der Waals surface area contributed by atoms with Gasteiger partial charge >= 0.3 is 6.36 Å². The lowest BCUT2D eigenvalue weighted by Gasteiger charge is -2.10. The number of hydrogen-bond acceptors (Lipinski definition) is 5. The van der Waals surface area contributed by atoms with Crippen molar-refractivity contribution in [2.75, 3.05) is 5.73 Å². The number of ether oxygens (including phenoxy) is 1. The Morgan fingerprint density at radius 2 is 1.52 bits per heavy atom. The summed E-state index contributed by atoms with van der Waals surface area (Å²) in [6.07, 6.45) is -3.31. The van der Waals surface area contributed by atoms with Crippen LogP contribution >= 0.6 is 0 Å². The monoisotopic (exact) mass is 347 g/mol. The van der Waals surface area contributed by atoms with Gasteiger partial charge in [-0.3, -0.25) is 0 Å². The maximum absolute atomic E-state index is 12.2. The first-order valence-electron chi connectivity index (χ1n) is 7.10. The van der Waals surface area contributed by atoms with Gasteiger partial charge in [0.25, 0.3) is 0 Å². The third-order valence-corrected chi connectivity index (χ3v) is 3.33. The Labute approximate surface area is 140 Å². The van der Waals surface area contributed by atoms with Crippen molar-refractivity contribution in [3.8, 4) is 34.0 Å². The number of phenolic OH excluding ortho intramolecular Hbond substituents is 1. The fourth-order valence-electron chi connectivity index (χ4n) is 2.20. The van der Waals surface area contributed by atoms with Crippen LogP contribution in [0.2, 0.25) is 0 Å². The van der Waals surface area contributed by atoms with E-state index in [2.05, 4.69) is 14.7 Å². The van der Waals surface area contributed by atoms with Gasteiger partial charge < -0.3 is 15.6 Å². The predicted molar refractivity (Wildman–Crippen MR) is 85.7 cm³/mol. The molecule has 0 unspecified atom stereocenters. The molecule has 0 aliphatic rings. The SMILES string of the molecule is Nc1ncc(-c2ccc(OC(F)(F)F)cc2)nc1-c1ccc(O)cc1. The van der Waals surface area contributed by atoms with E-state index in [1.165, 1.54) is 42.6 Å². The average molecular weight is 347 g/mol. The van der Waals surface area contributed by atoms with Crippen molar-refractivity contribution in [2.24, 2.45) is 0 Å². The van der Waals surface area contributed by atoms with E-state index in [0.717, 1.165) is 0 Å². The van der Waals surface area contributed by atoms with Gasteiger partial charge in [-0.1, -0.05) is 0 Å². The van der Waals surface area contributed by atoms with E-state index in [1.807, 2.05) is 0 Å². The molecule has 1 heterocycles. The van der Waals surface area contributed by atoms with Gasteiger partial charge in [0.05, 0.1) is 11.9 Å². The molecular formula is C17H12F3N3O2. The molecule has 3 aromatic rings. The highest BCUT2D eigenvalue weighted by atomic mass is 19.4.